The molecule has 1 amide bonds. The maximum atomic E-state index is 11.6. The summed E-state index contributed by atoms with van der Waals surface area (Å²) in [6, 6.07) is 5.61. The molecule has 0 aliphatic carbocycles. The van der Waals surface area contributed by atoms with E-state index in [-0.39, 0.29) is 25.6 Å². The molecule has 0 spiro atoms. The van der Waals surface area contributed by atoms with E-state index in [1.54, 1.807) is 6.07 Å². The average Bonchev–Trinajstić information content (AvgIpc) is 2.55. The molecule has 0 aliphatic rings. The number of amides is 1. The summed E-state index contributed by atoms with van der Waals surface area (Å²) in [6.45, 7) is 3.52. The van der Waals surface area contributed by atoms with Crippen LogP contribution in [0.5, 0.6) is 5.75 Å². The van der Waals surface area contributed by atoms with Crippen LogP contribution in [0.1, 0.15) is 24.0 Å². The van der Waals surface area contributed by atoms with E-state index in [0.29, 0.717) is 18.7 Å². The predicted molar refractivity (Wildman–Crippen MR) is 86.6 cm³/mol. The van der Waals surface area contributed by atoms with Crippen molar-refractivity contribution in [2.45, 2.75) is 26.7 Å². The third-order valence-electron chi connectivity index (χ3n) is 3.15. The largest absolute Gasteiger partial charge is 0.482 e. The third-order valence-corrected chi connectivity index (χ3v) is 3.15. The van der Waals surface area contributed by atoms with Gasteiger partial charge < -0.3 is 19.5 Å². The number of esters is 2. The smallest absolute Gasteiger partial charge is 0.344 e. The predicted octanol–water partition coefficient (Wildman–Crippen LogP) is 1.29. The van der Waals surface area contributed by atoms with E-state index in [1.165, 1.54) is 7.11 Å². The monoisotopic (exact) mass is 337 g/mol. The lowest BCUT2D eigenvalue weighted by Crippen LogP contribution is -2.30. The van der Waals surface area contributed by atoms with E-state index in [9.17, 15) is 14.4 Å². The van der Waals surface area contributed by atoms with Crippen LogP contribution in [0.15, 0.2) is 18.2 Å². The first-order valence-corrected chi connectivity index (χ1v) is 7.61. The number of methoxy groups -OCH3 is 1. The molecule has 1 aromatic carbocycles. The number of rotatable bonds is 9. The van der Waals surface area contributed by atoms with Crippen molar-refractivity contribution in [2.75, 3.05) is 26.9 Å². The molecule has 0 radical (unpaired) electrons. The fourth-order valence-electron chi connectivity index (χ4n) is 1.90. The molecule has 0 bridgehead atoms. The third kappa shape index (κ3) is 7.62. The fraction of sp³-hybridized carbons (Fsp3) is 0.471. The highest BCUT2D eigenvalue weighted by atomic mass is 16.6. The first-order chi connectivity index (χ1) is 11.4. The van der Waals surface area contributed by atoms with Gasteiger partial charge in [-0.25, -0.2) is 4.79 Å². The van der Waals surface area contributed by atoms with Gasteiger partial charge in [-0.1, -0.05) is 17.7 Å². The van der Waals surface area contributed by atoms with E-state index in [4.69, 9.17) is 9.47 Å². The molecule has 0 fully saturated rings. The summed E-state index contributed by atoms with van der Waals surface area (Å²) < 4.78 is 14.7. The Morgan fingerprint density at radius 1 is 1.08 bits per heavy atom. The van der Waals surface area contributed by atoms with Gasteiger partial charge in [-0.15, -0.1) is 0 Å². The van der Waals surface area contributed by atoms with Crippen molar-refractivity contribution in [1.29, 1.82) is 0 Å². The number of aryl methyl sites for hydroxylation is 2. The number of carbonyl (C=O) groups excluding carboxylic acids is 3. The van der Waals surface area contributed by atoms with Crippen LogP contribution in [0.3, 0.4) is 0 Å². The minimum atomic E-state index is -0.625. The zero-order valence-electron chi connectivity index (χ0n) is 14.2. The molecule has 132 valence electrons. The van der Waals surface area contributed by atoms with Crippen LogP contribution >= 0.6 is 0 Å². The molecule has 0 saturated carbocycles. The Morgan fingerprint density at radius 2 is 1.83 bits per heavy atom. The van der Waals surface area contributed by atoms with Crippen molar-refractivity contribution in [3.8, 4) is 5.75 Å². The Labute approximate surface area is 141 Å². The molecular formula is C17H23NO6. The summed E-state index contributed by atoms with van der Waals surface area (Å²) >= 11 is 0. The highest BCUT2D eigenvalue weighted by Gasteiger charge is 2.09. The van der Waals surface area contributed by atoms with Gasteiger partial charge in [0.15, 0.2) is 13.2 Å². The second-order valence-electron chi connectivity index (χ2n) is 5.25. The molecule has 1 N–H and O–H groups in total. The SMILES string of the molecule is COC(=O)CCCNC(=O)COC(=O)COc1ccc(C)cc1C. The minimum Gasteiger partial charge on any atom is -0.482 e. The lowest BCUT2D eigenvalue weighted by atomic mass is 10.1. The van der Waals surface area contributed by atoms with Crippen molar-refractivity contribution in [2.24, 2.45) is 0 Å². The van der Waals surface area contributed by atoms with Crippen LogP contribution in [-0.2, 0) is 23.9 Å². The topological polar surface area (TPSA) is 90.9 Å². The highest BCUT2D eigenvalue weighted by Crippen LogP contribution is 2.18. The Kier molecular flexibility index (Phi) is 8.32. The molecule has 7 nitrogen and oxygen atoms in total. The van der Waals surface area contributed by atoms with Gasteiger partial charge in [0.1, 0.15) is 5.75 Å². The fourth-order valence-corrected chi connectivity index (χ4v) is 1.90. The van der Waals surface area contributed by atoms with Crippen LogP contribution in [0.25, 0.3) is 0 Å². The van der Waals surface area contributed by atoms with E-state index in [2.05, 4.69) is 10.1 Å². The number of nitrogens with one attached hydrogen (secondary N) is 1. The number of benzene rings is 1. The summed E-state index contributed by atoms with van der Waals surface area (Å²) in [6.07, 6.45) is 0.683. The highest BCUT2D eigenvalue weighted by molar-refractivity contribution is 5.80. The Hall–Kier alpha value is -2.57. The molecule has 7 heteroatoms. The van der Waals surface area contributed by atoms with Gasteiger partial charge in [0, 0.05) is 13.0 Å². The van der Waals surface area contributed by atoms with Gasteiger partial charge >= 0.3 is 11.9 Å². The molecule has 0 aromatic heterocycles. The molecule has 1 aromatic rings. The van der Waals surface area contributed by atoms with Gasteiger partial charge in [0.05, 0.1) is 7.11 Å². The van der Waals surface area contributed by atoms with E-state index >= 15 is 0 Å². The molecule has 1 rings (SSSR count). The second kappa shape index (κ2) is 10.3. The first kappa shape index (κ1) is 19.5. The zero-order chi connectivity index (χ0) is 17.9. The molecular weight excluding hydrogens is 314 g/mol. The summed E-state index contributed by atoms with van der Waals surface area (Å²) in [4.78, 5) is 33.9. The molecule has 0 aliphatic heterocycles. The summed E-state index contributed by atoms with van der Waals surface area (Å²) in [5.41, 5.74) is 2.03. The summed E-state index contributed by atoms with van der Waals surface area (Å²) in [5.74, 6) is -0.788. The van der Waals surface area contributed by atoms with Gasteiger partial charge in [0.2, 0.25) is 0 Å². The number of ether oxygens (including phenoxy) is 3. The van der Waals surface area contributed by atoms with Crippen LogP contribution in [0.4, 0.5) is 0 Å². The number of hydrogen-bond donors (Lipinski definition) is 1. The van der Waals surface area contributed by atoms with Gasteiger partial charge in [-0.05, 0) is 31.9 Å². The minimum absolute atomic E-state index is 0.223. The van der Waals surface area contributed by atoms with Gasteiger partial charge in [0.25, 0.3) is 5.91 Å². The molecule has 0 saturated heterocycles. The van der Waals surface area contributed by atoms with Crippen LogP contribution in [0, 0.1) is 13.8 Å². The average molecular weight is 337 g/mol. The quantitative estimate of drug-likeness (QED) is 0.539. The lowest BCUT2D eigenvalue weighted by molar-refractivity contribution is -0.150. The number of carbonyl (C=O) groups is 3. The maximum absolute atomic E-state index is 11.6. The Bertz CT molecular complexity index is 584. The Balaban J connectivity index is 2.19. The van der Waals surface area contributed by atoms with Crippen molar-refractivity contribution >= 4 is 17.8 Å². The first-order valence-electron chi connectivity index (χ1n) is 7.61. The van der Waals surface area contributed by atoms with Crippen molar-refractivity contribution in [3.05, 3.63) is 29.3 Å². The van der Waals surface area contributed by atoms with Crippen LogP contribution in [-0.4, -0.2) is 44.7 Å². The van der Waals surface area contributed by atoms with Crippen molar-refractivity contribution < 1.29 is 28.6 Å². The Morgan fingerprint density at radius 3 is 2.50 bits per heavy atom. The van der Waals surface area contributed by atoms with E-state index in [0.717, 1.165) is 11.1 Å². The van der Waals surface area contributed by atoms with Gasteiger partial charge in [-0.2, -0.15) is 0 Å². The van der Waals surface area contributed by atoms with Gasteiger partial charge in [-0.3, -0.25) is 9.59 Å². The lowest BCUT2D eigenvalue weighted by Gasteiger charge is -2.10. The zero-order valence-corrected chi connectivity index (χ0v) is 14.2. The second-order valence-corrected chi connectivity index (χ2v) is 5.25. The van der Waals surface area contributed by atoms with Crippen molar-refractivity contribution in [3.63, 3.8) is 0 Å². The number of hydrogen-bond acceptors (Lipinski definition) is 6. The van der Waals surface area contributed by atoms with Crippen LogP contribution < -0.4 is 10.1 Å². The normalized spacial score (nSPS) is 9.96. The molecule has 0 unspecified atom stereocenters. The maximum Gasteiger partial charge on any atom is 0.344 e. The van der Waals surface area contributed by atoms with Crippen molar-refractivity contribution in [1.82, 2.24) is 5.32 Å². The van der Waals surface area contributed by atoms with E-state index in [1.807, 2.05) is 26.0 Å². The van der Waals surface area contributed by atoms with E-state index < -0.39 is 11.9 Å². The summed E-state index contributed by atoms with van der Waals surface area (Å²) in [5, 5.41) is 2.54. The molecule has 0 atom stereocenters. The molecule has 0 heterocycles. The van der Waals surface area contributed by atoms with Crippen LogP contribution in [0.2, 0.25) is 0 Å². The molecule has 24 heavy (non-hydrogen) atoms. The standard InChI is InChI=1S/C17H23NO6/c1-12-6-7-14(13(2)9-12)23-11-17(21)24-10-15(19)18-8-4-5-16(20)22-3/h6-7,9H,4-5,8,10-11H2,1-3H3,(H,18,19). The summed E-state index contributed by atoms with van der Waals surface area (Å²) in [7, 11) is 1.31.